The number of benzene rings is 2. The molecule has 31 heavy (non-hydrogen) atoms. The molecule has 160 valence electrons. The molecule has 0 atom stereocenters. The number of hydrogen-bond donors (Lipinski definition) is 0. The highest BCUT2D eigenvalue weighted by atomic mass is 16.5. The topological polar surface area (TPSA) is 48.1 Å². The molecule has 3 heterocycles. The molecular formula is C25H29N5O. The van der Waals surface area contributed by atoms with Gasteiger partial charge in [0.1, 0.15) is 0 Å². The minimum Gasteiger partial charge on any atom is -0.381 e. The van der Waals surface area contributed by atoms with E-state index in [-0.39, 0.29) is 0 Å². The molecule has 0 N–H and O–H groups in total. The number of anilines is 1. The van der Waals surface area contributed by atoms with E-state index in [0.717, 1.165) is 56.2 Å². The van der Waals surface area contributed by atoms with Crippen LogP contribution in [0.15, 0.2) is 60.8 Å². The van der Waals surface area contributed by atoms with Crippen LogP contribution < -0.4 is 4.90 Å². The van der Waals surface area contributed by atoms with Crippen molar-refractivity contribution in [3.63, 3.8) is 0 Å². The summed E-state index contributed by atoms with van der Waals surface area (Å²) in [5.41, 5.74) is 3.67. The number of hydrogen-bond acceptors (Lipinski definition) is 4. The Morgan fingerprint density at radius 2 is 1.71 bits per heavy atom. The van der Waals surface area contributed by atoms with Crippen molar-refractivity contribution >= 4 is 16.9 Å². The first-order chi connectivity index (χ1) is 15.2. The fourth-order valence-electron chi connectivity index (χ4n) is 4.63. The smallest absolute Gasteiger partial charge is 0.227 e. The van der Waals surface area contributed by atoms with Crippen molar-refractivity contribution in [1.82, 2.24) is 19.3 Å². The third-order valence-electron chi connectivity index (χ3n) is 6.39. The van der Waals surface area contributed by atoms with E-state index in [1.165, 1.54) is 16.5 Å². The number of para-hydroxylation sites is 1. The van der Waals surface area contributed by atoms with Crippen molar-refractivity contribution in [2.24, 2.45) is 7.05 Å². The lowest BCUT2D eigenvalue weighted by atomic mass is 10.1. The summed E-state index contributed by atoms with van der Waals surface area (Å²) in [6.07, 6.45) is 5.50. The maximum absolute atomic E-state index is 5.56. The van der Waals surface area contributed by atoms with Gasteiger partial charge in [-0.1, -0.05) is 48.5 Å². The van der Waals surface area contributed by atoms with Crippen molar-refractivity contribution < 1.29 is 4.74 Å². The lowest BCUT2D eigenvalue weighted by Crippen LogP contribution is -2.38. The van der Waals surface area contributed by atoms with E-state index in [0.29, 0.717) is 6.10 Å². The number of aryl methyl sites for hydroxylation is 2. The van der Waals surface area contributed by atoms with E-state index in [9.17, 15) is 0 Å². The standard InChI is InChI=1S/C25H29N5O/c1-28-18-22(21-10-6-7-11-23(21)28)24-26-27-25(29-15-13-20(31-2)14-16-29)30(24)17-12-19-8-4-3-5-9-19/h3-11,18,20H,12-17H2,1-2H3. The third-order valence-corrected chi connectivity index (χ3v) is 6.39. The molecule has 5 rings (SSSR count). The Hall–Kier alpha value is -3.12. The monoisotopic (exact) mass is 415 g/mol. The third kappa shape index (κ3) is 3.83. The highest BCUT2D eigenvalue weighted by molar-refractivity contribution is 5.94. The summed E-state index contributed by atoms with van der Waals surface area (Å²) in [6, 6.07) is 19.1. The van der Waals surface area contributed by atoms with Crippen LogP contribution >= 0.6 is 0 Å². The van der Waals surface area contributed by atoms with Gasteiger partial charge in [0, 0.05) is 56.5 Å². The van der Waals surface area contributed by atoms with E-state index in [1.54, 1.807) is 7.11 Å². The highest BCUT2D eigenvalue weighted by Crippen LogP contribution is 2.32. The van der Waals surface area contributed by atoms with E-state index in [2.05, 4.69) is 87.0 Å². The Morgan fingerprint density at radius 1 is 0.968 bits per heavy atom. The van der Waals surface area contributed by atoms with Crippen LogP contribution in [0.25, 0.3) is 22.3 Å². The second-order valence-electron chi connectivity index (χ2n) is 8.30. The summed E-state index contributed by atoms with van der Waals surface area (Å²) < 4.78 is 10.0. The fourth-order valence-corrected chi connectivity index (χ4v) is 4.63. The maximum atomic E-state index is 5.56. The molecule has 0 aliphatic carbocycles. The van der Waals surface area contributed by atoms with Crippen LogP contribution in [0, 0.1) is 0 Å². The van der Waals surface area contributed by atoms with Crippen LogP contribution in [0.2, 0.25) is 0 Å². The van der Waals surface area contributed by atoms with Gasteiger partial charge < -0.3 is 14.2 Å². The Balaban J connectivity index is 1.53. The zero-order valence-electron chi connectivity index (χ0n) is 18.2. The molecule has 2 aromatic carbocycles. The van der Waals surface area contributed by atoms with Gasteiger partial charge in [-0.25, -0.2) is 0 Å². The van der Waals surface area contributed by atoms with Crippen molar-refractivity contribution in [1.29, 1.82) is 0 Å². The zero-order chi connectivity index (χ0) is 21.2. The molecule has 0 spiro atoms. The van der Waals surface area contributed by atoms with Crippen molar-refractivity contribution in [2.75, 3.05) is 25.1 Å². The van der Waals surface area contributed by atoms with Gasteiger partial charge >= 0.3 is 0 Å². The first-order valence-corrected chi connectivity index (χ1v) is 11.0. The second kappa shape index (κ2) is 8.55. The molecule has 6 nitrogen and oxygen atoms in total. The molecule has 0 unspecified atom stereocenters. The first-order valence-electron chi connectivity index (χ1n) is 11.0. The predicted molar refractivity (Wildman–Crippen MR) is 124 cm³/mol. The molecule has 1 saturated heterocycles. The maximum Gasteiger partial charge on any atom is 0.227 e. The van der Waals surface area contributed by atoms with E-state index in [1.807, 2.05) is 0 Å². The summed E-state index contributed by atoms with van der Waals surface area (Å²) in [5, 5.41) is 10.6. The average Bonchev–Trinajstić information content (AvgIpc) is 3.39. The van der Waals surface area contributed by atoms with Crippen LogP contribution in [-0.4, -0.2) is 45.6 Å². The van der Waals surface area contributed by atoms with Gasteiger partial charge in [0.2, 0.25) is 5.95 Å². The highest BCUT2D eigenvalue weighted by Gasteiger charge is 2.25. The summed E-state index contributed by atoms with van der Waals surface area (Å²) in [4.78, 5) is 2.36. The van der Waals surface area contributed by atoms with E-state index in [4.69, 9.17) is 9.84 Å². The molecule has 1 aliphatic heterocycles. The number of rotatable bonds is 6. The Kier molecular flexibility index (Phi) is 5.47. The largest absolute Gasteiger partial charge is 0.381 e. The Bertz CT molecular complexity index is 1160. The Morgan fingerprint density at radius 3 is 2.48 bits per heavy atom. The van der Waals surface area contributed by atoms with Gasteiger partial charge in [-0.15, -0.1) is 10.2 Å². The van der Waals surface area contributed by atoms with E-state index >= 15 is 0 Å². The number of piperidine rings is 1. The summed E-state index contributed by atoms with van der Waals surface area (Å²) in [7, 11) is 3.90. The molecule has 0 bridgehead atoms. The van der Waals surface area contributed by atoms with Crippen LogP contribution in [0.4, 0.5) is 5.95 Å². The molecule has 1 aliphatic rings. The normalized spacial score (nSPS) is 15.1. The second-order valence-corrected chi connectivity index (χ2v) is 8.30. The number of fused-ring (bicyclic) bond motifs is 1. The van der Waals surface area contributed by atoms with Gasteiger partial charge in [-0.05, 0) is 30.9 Å². The van der Waals surface area contributed by atoms with Crippen LogP contribution in [-0.2, 0) is 24.8 Å². The van der Waals surface area contributed by atoms with Gasteiger partial charge in [-0.2, -0.15) is 0 Å². The lowest BCUT2D eigenvalue weighted by molar-refractivity contribution is 0.0815. The number of aromatic nitrogens is 4. The molecule has 0 radical (unpaired) electrons. The molecular weight excluding hydrogens is 386 g/mol. The van der Waals surface area contributed by atoms with E-state index < -0.39 is 0 Å². The molecule has 2 aromatic heterocycles. The Labute approximate surface area is 183 Å². The number of ether oxygens (including phenoxy) is 1. The van der Waals surface area contributed by atoms with Crippen LogP contribution in [0.1, 0.15) is 18.4 Å². The molecule has 0 saturated carbocycles. The average molecular weight is 416 g/mol. The molecule has 6 heteroatoms. The fraction of sp³-hybridized carbons (Fsp3) is 0.360. The number of methoxy groups -OCH3 is 1. The van der Waals surface area contributed by atoms with Crippen molar-refractivity contribution in [3.05, 3.63) is 66.4 Å². The minimum absolute atomic E-state index is 0.342. The summed E-state index contributed by atoms with van der Waals surface area (Å²) in [6.45, 7) is 2.73. The van der Waals surface area contributed by atoms with Gasteiger partial charge in [0.15, 0.2) is 5.82 Å². The molecule has 1 fully saturated rings. The summed E-state index contributed by atoms with van der Waals surface area (Å²) in [5.74, 6) is 1.91. The van der Waals surface area contributed by atoms with Crippen LogP contribution in [0.5, 0.6) is 0 Å². The van der Waals surface area contributed by atoms with Gasteiger partial charge in [0.05, 0.1) is 6.10 Å². The van der Waals surface area contributed by atoms with Crippen molar-refractivity contribution in [3.8, 4) is 11.4 Å². The SMILES string of the molecule is COC1CCN(c2nnc(-c3cn(C)c4ccccc34)n2CCc2ccccc2)CC1. The van der Waals surface area contributed by atoms with Gasteiger partial charge in [0.25, 0.3) is 0 Å². The quantitative estimate of drug-likeness (QED) is 0.471. The lowest BCUT2D eigenvalue weighted by Gasteiger charge is -2.32. The predicted octanol–water partition coefficient (Wildman–Crippen LogP) is 4.29. The van der Waals surface area contributed by atoms with Crippen molar-refractivity contribution in [2.45, 2.75) is 31.9 Å². The minimum atomic E-state index is 0.342. The first kappa shape index (κ1) is 19.8. The van der Waals surface area contributed by atoms with Crippen LogP contribution in [0.3, 0.4) is 0 Å². The molecule has 0 amide bonds. The zero-order valence-corrected chi connectivity index (χ0v) is 18.2. The number of nitrogens with zero attached hydrogens (tertiary/aromatic N) is 5. The molecule has 4 aromatic rings. The summed E-state index contributed by atoms with van der Waals surface area (Å²) >= 11 is 0. The van der Waals surface area contributed by atoms with Gasteiger partial charge in [-0.3, -0.25) is 4.57 Å².